The second kappa shape index (κ2) is 9.44. The number of benzene rings is 1. The molecule has 134 valence electrons. The fourth-order valence-corrected chi connectivity index (χ4v) is 2.94. The molecule has 1 saturated heterocycles. The minimum absolute atomic E-state index is 0.0350. The van der Waals surface area contributed by atoms with Gasteiger partial charge in [-0.25, -0.2) is 0 Å². The van der Waals surface area contributed by atoms with Crippen LogP contribution >= 0.6 is 23.2 Å². The highest BCUT2D eigenvalue weighted by atomic mass is 35.5. The van der Waals surface area contributed by atoms with Crippen molar-refractivity contribution in [1.82, 2.24) is 15.8 Å². The minimum Gasteiger partial charge on any atom is -0.333 e. The van der Waals surface area contributed by atoms with Gasteiger partial charge >= 0.3 is 0 Å². The summed E-state index contributed by atoms with van der Waals surface area (Å²) in [6, 6.07) is 5.02. The lowest BCUT2D eigenvalue weighted by molar-refractivity contribution is -0.136. The van der Waals surface area contributed by atoms with Crippen molar-refractivity contribution in [2.75, 3.05) is 13.1 Å². The van der Waals surface area contributed by atoms with Crippen LogP contribution in [-0.4, -0.2) is 35.7 Å². The number of hydrazine groups is 1. The third kappa shape index (κ3) is 6.07. The van der Waals surface area contributed by atoms with Crippen LogP contribution in [0.1, 0.15) is 31.2 Å². The molecule has 1 heterocycles. The second-order valence-corrected chi connectivity index (χ2v) is 6.45. The Hall–Kier alpha value is -2.05. The van der Waals surface area contributed by atoms with Gasteiger partial charge in [-0.1, -0.05) is 35.7 Å². The van der Waals surface area contributed by atoms with Gasteiger partial charge in [0.2, 0.25) is 5.91 Å². The van der Waals surface area contributed by atoms with Crippen molar-refractivity contribution in [2.24, 2.45) is 0 Å². The van der Waals surface area contributed by atoms with Gasteiger partial charge in [0.1, 0.15) is 6.54 Å². The zero-order chi connectivity index (χ0) is 18.2. The Labute approximate surface area is 156 Å². The highest BCUT2D eigenvalue weighted by molar-refractivity contribution is 6.37. The lowest BCUT2D eigenvalue weighted by Gasteiger charge is -2.19. The molecule has 2 rings (SSSR count). The maximum atomic E-state index is 11.9. The first-order valence-electron chi connectivity index (χ1n) is 7.96. The van der Waals surface area contributed by atoms with Crippen molar-refractivity contribution in [3.05, 3.63) is 39.9 Å². The number of carbonyl (C=O) groups is 3. The van der Waals surface area contributed by atoms with E-state index in [1.54, 1.807) is 18.2 Å². The van der Waals surface area contributed by atoms with Crippen molar-refractivity contribution in [2.45, 2.75) is 25.7 Å². The van der Waals surface area contributed by atoms with Crippen LogP contribution in [0.3, 0.4) is 0 Å². The van der Waals surface area contributed by atoms with Gasteiger partial charge in [-0.2, -0.15) is 0 Å². The first-order valence-corrected chi connectivity index (χ1v) is 8.71. The summed E-state index contributed by atoms with van der Waals surface area (Å²) in [5, 5.41) is 0.834. The third-order valence-corrected chi connectivity index (χ3v) is 4.39. The van der Waals surface area contributed by atoms with Crippen LogP contribution in [0.2, 0.25) is 10.0 Å². The van der Waals surface area contributed by atoms with Gasteiger partial charge in [0.05, 0.1) is 0 Å². The van der Waals surface area contributed by atoms with E-state index in [1.807, 2.05) is 0 Å². The molecule has 1 fully saturated rings. The van der Waals surface area contributed by atoms with E-state index in [1.165, 1.54) is 17.1 Å². The molecule has 0 aliphatic carbocycles. The van der Waals surface area contributed by atoms with E-state index in [0.717, 1.165) is 19.3 Å². The van der Waals surface area contributed by atoms with Gasteiger partial charge < -0.3 is 4.90 Å². The van der Waals surface area contributed by atoms with E-state index >= 15 is 0 Å². The van der Waals surface area contributed by atoms with Crippen LogP contribution in [0.5, 0.6) is 0 Å². The summed E-state index contributed by atoms with van der Waals surface area (Å²) in [6.45, 7) is 0.490. The fourth-order valence-electron chi connectivity index (χ4n) is 2.42. The molecule has 0 atom stereocenters. The predicted octanol–water partition coefficient (Wildman–Crippen LogP) is 2.56. The smallest absolute Gasteiger partial charge is 0.262 e. The van der Waals surface area contributed by atoms with Crippen molar-refractivity contribution in [3.8, 4) is 0 Å². The summed E-state index contributed by atoms with van der Waals surface area (Å²) in [5.74, 6) is -1.02. The molecule has 1 aliphatic heterocycles. The number of hydrogen-bond donors (Lipinski definition) is 2. The molecule has 2 N–H and O–H groups in total. The number of halogens is 2. The van der Waals surface area contributed by atoms with E-state index in [2.05, 4.69) is 10.9 Å². The van der Waals surface area contributed by atoms with Crippen LogP contribution < -0.4 is 10.9 Å². The van der Waals surface area contributed by atoms with E-state index in [-0.39, 0.29) is 12.5 Å². The molecular weight excluding hydrogens is 365 g/mol. The van der Waals surface area contributed by atoms with Gasteiger partial charge in [-0.05, 0) is 31.1 Å². The average Bonchev–Trinajstić information content (AvgIpc) is 2.77. The van der Waals surface area contributed by atoms with Crippen LogP contribution in [0, 0.1) is 0 Å². The molecule has 0 saturated carbocycles. The van der Waals surface area contributed by atoms with Crippen LogP contribution in [0.25, 0.3) is 6.08 Å². The zero-order valence-electron chi connectivity index (χ0n) is 13.6. The molecule has 25 heavy (non-hydrogen) atoms. The number of nitrogens with zero attached hydrogens (tertiary/aromatic N) is 1. The lowest BCUT2D eigenvalue weighted by Crippen LogP contribution is -2.47. The number of rotatable bonds is 4. The number of hydrogen-bond acceptors (Lipinski definition) is 3. The summed E-state index contributed by atoms with van der Waals surface area (Å²) in [6.07, 6.45) is 5.85. The Morgan fingerprint density at radius 2 is 1.84 bits per heavy atom. The van der Waals surface area contributed by atoms with E-state index in [9.17, 15) is 14.4 Å². The van der Waals surface area contributed by atoms with Gasteiger partial charge in [0, 0.05) is 34.7 Å². The Kier molecular flexibility index (Phi) is 7.28. The Morgan fingerprint density at radius 3 is 2.56 bits per heavy atom. The fraction of sp³-hybridized carbons (Fsp3) is 0.353. The number of carbonyl (C=O) groups excluding carboxylic acids is 3. The summed E-state index contributed by atoms with van der Waals surface area (Å²) in [7, 11) is 0. The molecule has 8 heteroatoms. The Balaban J connectivity index is 1.82. The van der Waals surface area contributed by atoms with E-state index in [0.29, 0.717) is 28.6 Å². The quantitative estimate of drug-likeness (QED) is 0.619. The standard InChI is InChI=1S/C17H19Cl2N3O3/c18-13-5-4-6-14(19)12(13)8-9-15(23)20-21-16(24)11-22-10-3-1-2-7-17(22)25/h4-6,8-9H,1-3,7,10-11H2,(H,20,23)(H,21,24)/b9-8+. The second-order valence-electron chi connectivity index (χ2n) is 5.63. The number of likely N-dealkylation sites (tertiary alicyclic amines) is 1. The molecule has 1 aromatic rings. The first-order chi connectivity index (χ1) is 12.0. The molecule has 0 bridgehead atoms. The largest absolute Gasteiger partial charge is 0.333 e. The van der Waals surface area contributed by atoms with Gasteiger partial charge in [0.25, 0.3) is 11.8 Å². The number of amides is 3. The minimum atomic E-state index is -0.536. The molecule has 0 radical (unpaired) electrons. The molecule has 1 aliphatic rings. The van der Waals surface area contributed by atoms with Crippen molar-refractivity contribution >= 4 is 47.0 Å². The predicted molar refractivity (Wildman–Crippen MR) is 96.8 cm³/mol. The summed E-state index contributed by atoms with van der Waals surface area (Å²) in [5.41, 5.74) is 5.07. The maximum Gasteiger partial charge on any atom is 0.262 e. The Bertz CT molecular complexity index is 671. The molecule has 6 nitrogen and oxygen atoms in total. The van der Waals surface area contributed by atoms with Crippen LogP contribution in [0.4, 0.5) is 0 Å². The van der Waals surface area contributed by atoms with E-state index in [4.69, 9.17) is 23.2 Å². The normalized spacial score (nSPS) is 15.1. The lowest BCUT2D eigenvalue weighted by atomic mass is 10.2. The average molecular weight is 384 g/mol. The van der Waals surface area contributed by atoms with Crippen LogP contribution in [-0.2, 0) is 14.4 Å². The van der Waals surface area contributed by atoms with Gasteiger partial charge in [-0.3, -0.25) is 25.2 Å². The van der Waals surface area contributed by atoms with E-state index < -0.39 is 11.8 Å². The molecule has 3 amide bonds. The van der Waals surface area contributed by atoms with Crippen molar-refractivity contribution in [1.29, 1.82) is 0 Å². The van der Waals surface area contributed by atoms with Crippen LogP contribution in [0.15, 0.2) is 24.3 Å². The number of nitrogens with one attached hydrogen (secondary N) is 2. The molecule has 0 spiro atoms. The van der Waals surface area contributed by atoms with Gasteiger partial charge in [-0.15, -0.1) is 0 Å². The Morgan fingerprint density at radius 1 is 1.12 bits per heavy atom. The maximum absolute atomic E-state index is 11.9. The van der Waals surface area contributed by atoms with Crippen molar-refractivity contribution in [3.63, 3.8) is 0 Å². The summed E-state index contributed by atoms with van der Waals surface area (Å²) >= 11 is 12.0. The topological polar surface area (TPSA) is 78.5 Å². The molecular formula is C17H19Cl2N3O3. The highest BCUT2D eigenvalue weighted by Crippen LogP contribution is 2.25. The molecule has 0 unspecified atom stereocenters. The SMILES string of the molecule is O=C(/C=C/c1c(Cl)cccc1Cl)NNC(=O)CN1CCCCCC1=O. The third-order valence-electron chi connectivity index (χ3n) is 3.73. The summed E-state index contributed by atoms with van der Waals surface area (Å²) < 4.78 is 0. The zero-order valence-corrected chi connectivity index (χ0v) is 15.1. The monoisotopic (exact) mass is 383 g/mol. The summed E-state index contributed by atoms with van der Waals surface area (Å²) in [4.78, 5) is 37.0. The highest BCUT2D eigenvalue weighted by Gasteiger charge is 2.19. The molecule has 1 aromatic carbocycles. The van der Waals surface area contributed by atoms with Crippen molar-refractivity contribution < 1.29 is 14.4 Å². The molecule has 0 aromatic heterocycles. The first kappa shape index (κ1) is 19.3. The van der Waals surface area contributed by atoms with Gasteiger partial charge in [0.15, 0.2) is 0 Å².